The van der Waals surface area contributed by atoms with E-state index in [1.807, 2.05) is 11.8 Å². The molecule has 0 aliphatic carbocycles. The molecule has 0 saturated carbocycles. The fourth-order valence-corrected chi connectivity index (χ4v) is 1.65. The van der Waals surface area contributed by atoms with Gasteiger partial charge in [-0.3, -0.25) is 0 Å². The van der Waals surface area contributed by atoms with Crippen molar-refractivity contribution >= 4 is 21.7 Å². The highest BCUT2D eigenvalue weighted by Crippen LogP contribution is 2.19. The molecule has 1 aromatic rings. The van der Waals surface area contributed by atoms with Gasteiger partial charge in [0.2, 0.25) is 0 Å². The molecule has 2 nitrogen and oxygen atoms in total. The molecule has 0 aliphatic heterocycles. The molecule has 0 unspecified atom stereocenters. The lowest BCUT2D eigenvalue weighted by Gasteiger charge is -2.21. The highest BCUT2D eigenvalue weighted by atomic mass is 79.9. The van der Waals surface area contributed by atoms with Crippen molar-refractivity contribution in [2.24, 2.45) is 0 Å². The Bertz CT molecular complexity index is 341. The molecule has 0 atom stereocenters. The zero-order valence-corrected chi connectivity index (χ0v) is 10.3. The normalized spacial score (nSPS) is 10.1. The zero-order valence-electron chi connectivity index (χ0n) is 8.71. The Kier molecular flexibility index (Phi) is 4.75. The second-order valence-corrected chi connectivity index (χ2v) is 4.11. The van der Waals surface area contributed by atoms with Gasteiger partial charge in [0.25, 0.3) is 0 Å². The van der Waals surface area contributed by atoms with Crippen LogP contribution in [0.15, 0.2) is 29.4 Å². The quantitative estimate of drug-likeness (QED) is 0.764. The summed E-state index contributed by atoms with van der Waals surface area (Å²) >= 11 is 3.18. The largest absolute Gasteiger partial charge is 0.350 e. The molecule has 1 aromatic heterocycles. The lowest BCUT2D eigenvalue weighted by atomic mass is 10.3. The molecular weight excluding hydrogens is 259 g/mol. The third kappa shape index (κ3) is 3.30. The Morgan fingerprint density at radius 3 is 2.93 bits per heavy atom. The van der Waals surface area contributed by atoms with Gasteiger partial charge in [0.05, 0.1) is 0 Å². The van der Waals surface area contributed by atoms with Crippen LogP contribution in [0.1, 0.15) is 13.3 Å². The first-order valence-electron chi connectivity index (χ1n) is 4.86. The van der Waals surface area contributed by atoms with Gasteiger partial charge in [0, 0.05) is 23.8 Å². The highest BCUT2D eigenvalue weighted by Gasteiger charge is 2.11. The molecule has 0 N–H and O–H groups in total. The third-order valence-corrected chi connectivity index (χ3v) is 2.36. The van der Waals surface area contributed by atoms with Crippen LogP contribution in [0.2, 0.25) is 0 Å². The van der Waals surface area contributed by atoms with Crippen molar-refractivity contribution < 1.29 is 4.39 Å². The Morgan fingerprint density at radius 1 is 1.67 bits per heavy atom. The number of aromatic nitrogens is 1. The van der Waals surface area contributed by atoms with Crippen molar-refractivity contribution in [2.45, 2.75) is 13.3 Å². The molecule has 0 saturated heterocycles. The minimum absolute atomic E-state index is 0.306. The van der Waals surface area contributed by atoms with Crippen molar-refractivity contribution in [2.75, 3.05) is 18.0 Å². The van der Waals surface area contributed by atoms with Gasteiger partial charge in [-0.1, -0.05) is 13.0 Å². The molecule has 1 heterocycles. The zero-order chi connectivity index (χ0) is 11.3. The summed E-state index contributed by atoms with van der Waals surface area (Å²) in [6.45, 7) is 7.09. The van der Waals surface area contributed by atoms with E-state index < -0.39 is 0 Å². The molecule has 4 heteroatoms. The number of halogens is 2. The summed E-state index contributed by atoms with van der Waals surface area (Å²) in [6.07, 6.45) is 4.30. The van der Waals surface area contributed by atoms with E-state index in [0.717, 1.165) is 13.0 Å². The molecule has 0 fully saturated rings. The van der Waals surface area contributed by atoms with E-state index in [0.29, 0.717) is 16.8 Å². The fraction of sp³-hybridized carbons (Fsp3) is 0.364. The maximum Gasteiger partial charge on any atom is 0.166 e. The highest BCUT2D eigenvalue weighted by molar-refractivity contribution is 9.10. The molecule has 15 heavy (non-hydrogen) atoms. The van der Waals surface area contributed by atoms with Crippen LogP contribution in [0, 0.1) is 5.82 Å². The second-order valence-electron chi connectivity index (χ2n) is 3.19. The first-order valence-corrected chi connectivity index (χ1v) is 5.65. The van der Waals surface area contributed by atoms with Crippen LogP contribution in [0.3, 0.4) is 0 Å². The summed E-state index contributed by atoms with van der Waals surface area (Å²) < 4.78 is 14.2. The standard InChI is InChI=1S/C11H14BrFN2/c1-3-5-15(6-4-2)11-10(13)7-9(12)8-14-11/h3,7-8H,1,4-6H2,2H3. The van der Waals surface area contributed by atoms with E-state index >= 15 is 0 Å². The van der Waals surface area contributed by atoms with Crippen LogP contribution >= 0.6 is 15.9 Å². The van der Waals surface area contributed by atoms with E-state index in [1.165, 1.54) is 6.07 Å². The Hall–Kier alpha value is -0.900. The summed E-state index contributed by atoms with van der Waals surface area (Å²) in [5.41, 5.74) is 0. The maximum absolute atomic E-state index is 13.6. The molecule has 0 bridgehead atoms. The first kappa shape index (κ1) is 12.2. The van der Waals surface area contributed by atoms with Crippen LogP contribution in [0.25, 0.3) is 0 Å². The number of hydrogen-bond acceptors (Lipinski definition) is 2. The third-order valence-electron chi connectivity index (χ3n) is 1.93. The molecule has 0 aromatic carbocycles. The lowest BCUT2D eigenvalue weighted by Crippen LogP contribution is -2.26. The number of hydrogen-bond donors (Lipinski definition) is 0. The van der Waals surface area contributed by atoms with Gasteiger partial charge in [-0.05, 0) is 28.4 Å². The van der Waals surface area contributed by atoms with Crippen molar-refractivity contribution in [3.8, 4) is 0 Å². The van der Waals surface area contributed by atoms with Gasteiger partial charge in [-0.15, -0.1) is 6.58 Å². The molecule has 0 spiro atoms. The summed E-state index contributed by atoms with van der Waals surface area (Å²) in [6, 6.07) is 1.42. The number of anilines is 1. The van der Waals surface area contributed by atoms with Gasteiger partial charge in [-0.2, -0.15) is 0 Å². The van der Waals surface area contributed by atoms with Crippen LogP contribution in [-0.2, 0) is 0 Å². The molecule has 0 radical (unpaired) electrons. The average Bonchev–Trinajstić information content (AvgIpc) is 2.17. The van der Waals surface area contributed by atoms with E-state index in [1.54, 1.807) is 12.3 Å². The fourth-order valence-electron chi connectivity index (χ4n) is 1.35. The van der Waals surface area contributed by atoms with Crippen molar-refractivity contribution in [1.82, 2.24) is 4.98 Å². The van der Waals surface area contributed by atoms with Gasteiger partial charge >= 0.3 is 0 Å². The van der Waals surface area contributed by atoms with Crippen LogP contribution in [-0.4, -0.2) is 18.1 Å². The number of nitrogens with zero attached hydrogens (tertiary/aromatic N) is 2. The predicted molar refractivity (Wildman–Crippen MR) is 64.6 cm³/mol. The molecular formula is C11H14BrFN2. The molecule has 82 valence electrons. The van der Waals surface area contributed by atoms with E-state index in [2.05, 4.69) is 27.5 Å². The van der Waals surface area contributed by atoms with Crippen molar-refractivity contribution in [3.05, 3.63) is 35.2 Å². The smallest absolute Gasteiger partial charge is 0.166 e. The van der Waals surface area contributed by atoms with Crippen molar-refractivity contribution in [1.29, 1.82) is 0 Å². The van der Waals surface area contributed by atoms with Gasteiger partial charge in [-0.25, -0.2) is 9.37 Å². The van der Waals surface area contributed by atoms with Crippen LogP contribution in [0.4, 0.5) is 10.2 Å². The van der Waals surface area contributed by atoms with E-state index in [9.17, 15) is 4.39 Å². The summed E-state index contributed by atoms with van der Waals surface area (Å²) in [4.78, 5) is 5.94. The summed E-state index contributed by atoms with van der Waals surface area (Å²) in [5.74, 6) is 0.0830. The van der Waals surface area contributed by atoms with Gasteiger partial charge < -0.3 is 4.90 Å². The summed E-state index contributed by atoms with van der Waals surface area (Å²) in [5, 5.41) is 0. The number of pyridine rings is 1. The number of rotatable bonds is 5. The van der Waals surface area contributed by atoms with Gasteiger partial charge in [0.15, 0.2) is 11.6 Å². The monoisotopic (exact) mass is 272 g/mol. The minimum Gasteiger partial charge on any atom is -0.350 e. The Balaban J connectivity index is 2.94. The molecule has 0 amide bonds. The van der Waals surface area contributed by atoms with E-state index in [4.69, 9.17) is 0 Å². The van der Waals surface area contributed by atoms with Crippen LogP contribution < -0.4 is 4.90 Å². The molecule has 1 rings (SSSR count). The van der Waals surface area contributed by atoms with Crippen LogP contribution in [0.5, 0.6) is 0 Å². The topological polar surface area (TPSA) is 16.1 Å². The van der Waals surface area contributed by atoms with Gasteiger partial charge in [0.1, 0.15) is 0 Å². The van der Waals surface area contributed by atoms with E-state index in [-0.39, 0.29) is 5.82 Å². The average molecular weight is 273 g/mol. The lowest BCUT2D eigenvalue weighted by molar-refractivity contribution is 0.610. The van der Waals surface area contributed by atoms with Crippen molar-refractivity contribution in [3.63, 3.8) is 0 Å². The maximum atomic E-state index is 13.6. The predicted octanol–water partition coefficient (Wildman–Crippen LogP) is 3.39. The first-order chi connectivity index (χ1) is 7.19. The summed E-state index contributed by atoms with van der Waals surface area (Å²) in [7, 11) is 0. The Labute approximate surface area is 97.9 Å². The Morgan fingerprint density at radius 2 is 2.40 bits per heavy atom. The second kappa shape index (κ2) is 5.85. The molecule has 0 aliphatic rings. The minimum atomic E-state index is -0.306. The SMILES string of the molecule is C=CCN(CCC)c1ncc(Br)cc1F.